The zero-order valence-electron chi connectivity index (χ0n) is 19.9. The second-order valence-corrected chi connectivity index (χ2v) is 9.19. The average Bonchev–Trinajstić information content (AvgIpc) is 2.84. The second kappa shape index (κ2) is 12.9. The molecule has 2 aromatic carbocycles. The van der Waals surface area contributed by atoms with Crippen molar-refractivity contribution >= 4 is 33.0 Å². The maximum Gasteiger partial charge on any atom is 0.183 e. The number of allylic oxidation sites excluding steroid dienone is 4. The minimum absolute atomic E-state index is 0.510. The number of anilines is 2. The molecule has 0 bridgehead atoms. The van der Waals surface area contributed by atoms with Crippen LogP contribution in [0.5, 0.6) is 0 Å². The molecule has 1 saturated heterocycles. The number of halogens is 1. The Balaban J connectivity index is 1.50. The van der Waals surface area contributed by atoms with Gasteiger partial charge >= 0.3 is 0 Å². The van der Waals surface area contributed by atoms with Crippen molar-refractivity contribution in [3.05, 3.63) is 114 Å². The normalized spacial score (nSPS) is 14.6. The number of piperidine rings is 1. The molecule has 178 valence electrons. The number of para-hydroxylation sites is 2. The Morgan fingerprint density at radius 1 is 1.06 bits per heavy atom. The van der Waals surface area contributed by atoms with Gasteiger partial charge in [0.2, 0.25) is 0 Å². The monoisotopic (exact) mass is 519 g/mol. The summed E-state index contributed by atoms with van der Waals surface area (Å²) in [6, 6.07) is 16.0. The second-order valence-electron chi connectivity index (χ2n) is 8.27. The lowest BCUT2D eigenvalue weighted by atomic mass is 9.97. The fraction of sp³-hybridized carbons (Fsp3) is 0.241. The lowest BCUT2D eigenvalue weighted by Gasteiger charge is -2.34. The maximum absolute atomic E-state index is 6.01. The van der Waals surface area contributed by atoms with Crippen molar-refractivity contribution in [3.63, 3.8) is 0 Å². The molecule has 0 unspecified atom stereocenters. The Kier molecular flexibility index (Phi) is 9.65. The minimum Gasteiger partial charge on any atom is -0.479 e. The van der Waals surface area contributed by atoms with E-state index in [9.17, 15) is 0 Å². The summed E-state index contributed by atoms with van der Waals surface area (Å²) in [5, 5.41) is 6.71. The van der Waals surface area contributed by atoms with Crippen molar-refractivity contribution in [3.8, 4) is 0 Å². The first-order valence-electron chi connectivity index (χ1n) is 11.6. The molecule has 0 saturated carbocycles. The molecule has 0 aromatic heterocycles. The van der Waals surface area contributed by atoms with E-state index in [4.69, 9.17) is 4.74 Å². The average molecular weight is 521 g/mol. The van der Waals surface area contributed by atoms with E-state index in [0.717, 1.165) is 53.0 Å². The Labute approximate surface area is 212 Å². The lowest BCUT2D eigenvalue weighted by Crippen LogP contribution is -2.34. The van der Waals surface area contributed by atoms with Crippen LogP contribution < -0.4 is 10.6 Å². The molecule has 1 heterocycles. The van der Waals surface area contributed by atoms with Gasteiger partial charge in [0.1, 0.15) is 0 Å². The first kappa shape index (κ1) is 25.4. The molecule has 5 heteroatoms. The number of nitrogens with one attached hydrogen (secondary N) is 2. The van der Waals surface area contributed by atoms with Crippen LogP contribution in [0.1, 0.15) is 25.3 Å². The minimum atomic E-state index is 0.510. The molecule has 0 atom stereocenters. The molecular weight excluding hydrogens is 486 g/mol. The van der Waals surface area contributed by atoms with Crippen LogP contribution in [0.4, 0.5) is 11.4 Å². The molecule has 1 aliphatic heterocycles. The van der Waals surface area contributed by atoms with Gasteiger partial charge < -0.3 is 20.3 Å². The number of hydrogen-bond acceptors (Lipinski definition) is 4. The van der Waals surface area contributed by atoms with Crippen LogP contribution in [-0.4, -0.2) is 24.6 Å². The highest BCUT2D eigenvalue weighted by Crippen LogP contribution is 2.27. The van der Waals surface area contributed by atoms with Crippen LogP contribution in [0.2, 0.25) is 0 Å². The molecule has 0 aliphatic carbocycles. The summed E-state index contributed by atoms with van der Waals surface area (Å²) in [5.41, 5.74) is 4.88. The summed E-state index contributed by atoms with van der Waals surface area (Å²) >= 11 is 3.47. The zero-order valence-corrected chi connectivity index (χ0v) is 21.5. The summed E-state index contributed by atoms with van der Waals surface area (Å²) in [6.45, 7) is 16.8. The molecule has 0 spiro atoms. The van der Waals surface area contributed by atoms with Crippen LogP contribution in [0, 0.1) is 5.92 Å². The molecule has 0 amide bonds. The van der Waals surface area contributed by atoms with Gasteiger partial charge in [-0.05, 0) is 74.2 Å². The molecule has 34 heavy (non-hydrogen) atoms. The Bertz CT molecular complexity index is 1050. The maximum atomic E-state index is 6.01. The summed E-state index contributed by atoms with van der Waals surface area (Å²) in [4.78, 5) is 2.41. The van der Waals surface area contributed by atoms with E-state index >= 15 is 0 Å². The Morgan fingerprint density at radius 2 is 1.71 bits per heavy atom. The Morgan fingerprint density at radius 3 is 2.32 bits per heavy atom. The van der Waals surface area contributed by atoms with Gasteiger partial charge in [0, 0.05) is 29.0 Å². The van der Waals surface area contributed by atoms with E-state index in [1.54, 1.807) is 0 Å². The van der Waals surface area contributed by atoms with Gasteiger partial charge in [-0.1, -0.05) is 65.5 Å². The van der Waals surface area contributed by atoms with Crippen molar-refractivity contribution in [2.75, 3.05) is 30.3 Å². The highest BCUT2D eigenvalue weighted by atomic mass is 79.9. The van der Waals surface area contributed by atoms with Crippen molar-refractivity contribution < 1.29 is 4.74 Å². The van der Waals surface area contributed by atoms with E-state index < -0.39 is 0 Å². The van der Waals surface area contributed by atoms with Crippen molar-refractivity contribution in [2.24, 2.45) is 5.92 Å². The first-order chi connectivity index (χ1) is 16.5. The fourth-order valence-corrected chi connectivity index (χ4v) is 4.17. The summed E-state index contributed by atoms with van der Waals surface area (Å²) in [7, 11) is 0. The van der Waals surface area contributed by atoms with Gasteiger partial charge in [-0.2, -0.15) is 0 Å². The third-order valence-corrected chi connectivity index (χ3v) is 6.31. The molecule has 2 N–H and O–H groups in total. The Hall–Kier alpha value is -3.18. The van der Waals surface area contributed by atoms with E-state index in [1.165, 1.54) is 5.70 Å². The van der Waals surface area contributed by atoms with Gasteiger partial charge in [-0.3, -0.25) is 0 Å². The topological polar surface area (TPSA) is 36.5 Å². The third kappa shape index (κ3) is 7.42. The largest absolute Gasteiger partial charge is 0.479 e. The molecule has 1 aliphatic rings. The SMILES string of the molecule is C=C/C=C(\C=C/C)N1CCC(COC(=C)Nc2ccccc2NC(=C)c2ccc(Br)cc2)CC1. The van der Waals surface area contributed by atoms with Crippen LogP contribution in [0.3, 0.4) is 0 Å². The van der Waals surface area contributed by atoms with Gasteiger partial charge in [-0.15, -0.1) is 0 Å². The quantitative estimate of drug-likeness (QED) is 0.234. The van der Waals surface area contributed by atoms with Crippen molar-refractivity contribution in [1.82, 2.24) is 4.90 Å². The molecule has 0 radical (unpaired) electrons. The smallest absolute Gasteiger partial charge is 0.183 e. The number of nitrogens with zero attached hydrogens (tertiary/aromatic N) is 1. The van der Waals surface area contributed by atoms with Gasteiger partial charge in [0.05, 0.1) is 18.0 Å². The lowest BCUT2D eigenvalue weighted by molar-refractivity contribution is 0.124. The number of benzene rings is 2. The molecule has 2 aromatic rings. The highest BCUT2D eigenvalue weighted by Gasteiger charge is 2.20. The van der Waals surface area contributed by atoms with Crippen molar-refractivity contribution in [1.29, 1.82) is 0 Å². The molecule has 3 rings (SSSR count). The van der Waals surface area contributed by atoms with E-state index in [2.05, 4.69) is 69.4 Å². The van der Waals surface area contributed by atoms with Crippen LogP contribution >= 0.6 is 15.9 Å². The number of hydrogen-bond donors (Lipinski definition) is 2. The highest BCUT2D eigenvalue weighted by molar-refractivity contribution is 9.10. The third-order valence-electron chi connectivity index (χ3n) is 5.78. The number of likely N-dealkylation sites (tertiary alicyclic amines) is 1. The van der Waals surface area contributed by atoms with Crippen LogP contribution in [0.15, 0.2) is 109 Å². The number of ether oxygens (including phenoxy) is 1. The van der Waals surface area contributed by atoms with Crippen LogP contribution in [-0.2, 0) is 4.74 Å². The van der Waals surface area contributed by atoms with E-state index in [-0.39, 0.29) is 0 Å². The summed E-state index contributed by atoms with van der Waals surface area (Å²) in [5.74, 6) is 1.06. The van der Waals surface area contributed by atoms with E-state index in [0.29, 0.717) is 18.4 Å². The van der Waals surface area contributed by atoms with Gasteiger partial charge in [-0.25, -0.2) is 0 Å². The van der Waals surface area contributed by atoms with E-state index in [1.807, 2.05) is 61.5 Å². The zero-order chi connectivity index (χ0) is 24.3. The number of rotatable bonds is 11. The fourth-order valence-electron chi connectivity index (χ4n) is 3.91. The summed E-state index contributed by atoms with van der Waals surface area (Å²) in [6.07, 6.45) is 10.3. The molecular formula is C29H34BrN3O. The first-order valence-corrected chi connectivity index (χ1v) is 12.4. The predicted octanol–water partition coefficient (Wildman–Crippen LogP) is 7.79. The standard InChI is InChI=1S/C29H34BrN3O/c1-5-9-27(10-6-2)33-19-17-24(18-20-33)21-34-23(4)32-29-12-8-7-11-28(29)31-22(3)25-13-15-26(30)16-14-25/h5-16,24,31-32H,1,3-4,17-21H2,2H3/b10-6-,27-9+. The van der Waals surface area contributed by atoms with Crippen molar-refractivity contribution in [2.45, 2.75) is 19.8 Å². The summed E-state index contributed by atoms with van der Waals surface area (Å²) < 4.78 is 7.05. The van der Waals surface area contributed by atoms with Gasteiger partial charge in [0.15, 0.2) is 5.88 Å². The van der Waals surface area contributed by atoms with Gasteiger partial charge in [0.25, 0.3) is 0 Å². The molecule has 4 nitrogen and oxygen atoms in total. The van der Waals surface area contributed by atoms with Crippen LogP contribution in [0.25, 0.3) is 5.70 Å². The molecule has 1 fully saturated rings. The predicted molar refractivity (Wildman–Crippen MR) is 149 cm³/mol.